The van der Waals surface area contributed by atoms with Crippen LogP contribution in [0.15, 0.2) is 48.5 Å². The van der Waals surface area contributed by atoms with E-state index in [2.05, 4.69) is 55.5 Å². The van der Waals surface area contributed by atoms with Crippen molar-refractivity contribution in [2.45, 2.75) is 6.92 Å². The molecule has 1 radical (unpaired) electrons. The Bertz CT molecular complexity index is 458. The molecule has 16 heavy (non-hydrogen) atoms. The van der Waals surface area contributed by atoms with Gasteiger partial charge in [0.2, 0.25) is 0 Å². The summed E-state index contributed by atoms with van der Waals surface area (Å²) in [6.45, 7) is 2.12. The van der Waals surface area contributed by atoms with Gasteiger partial charge in [-0.25, -0.2) is 0 Å². The molecule has 0 bridgehead atoms. The van der Waals surface area contributed by atoms with Crippen molar-refractivity contribution < 1.29 is 32.7 Å². The molecule has 0 fully saturated rings. The maximum Gasteiger partial charge on any atom is 0 e. The monoisotopic (exact) mass is 282 g/mol. The average Bonchev–Trinajstić information content (AvgIpc) is 2.29. The Balaban J connectivity index is 0.00000128. The number of benzene rings is 2. The molecular weight excluding hydrogens is 269 g/mol. The first-order chi connectivity index (χ1) is 7.36. The molecule has 0 aliphatic rings. The Hall–Kier alpha value is -0.716. The SMILES string of the molecule is Cc1ccccc1C=Cc1[c-]cccc1.[Y]. The molecule has 2 aromatic rings. The van der Waals surface area contributed by atoms with Crippen LogP contribution >= 0.6 is 0 Å². The molecule has 0 aliphatic heterocycles. The second kappa shape index (κ2) is 6.78. The molecule has 0 unspecified atom stereocenters. The van der Waals surface area contributed by atoms with Gasteiger partial charge in [0.05, 0.1) is 0 Å². The van der Waals surface area contributed by atoms with Gasteiger partial charge in [-0.3, -0.25) is 0 Å². The van der Waals surface area contributed by atoms with Crippen LogP contribution in [0.25, 0.3) is 12.2 Å². The van der Waals surface area contributed by atoms with Crippen molar-refractivity contribution in [3.05, 3.63) is 71.3 Å². The smallest absolute Gasteiger partial charge is 0 e. The normalized spacial score (nSPS) is 10.1. The van der Waals surface area contributed by atoms with Gasteiger partial charge in [-0.05, 0) is 18.1 Å². The molecule has 1 heteroatoms. The van der Waals surface area contributed by atoms with Gasteiger partial charge in [-0.2, -0.15) is 5.56 Å². The van der Waals surface area contributed by atoms with Crippen LogP contribution in [0.2, 0.25) is 0 Å². The molecule has 0 heterocycles. The van der Waals surface area contributed by atoms with Crippen LogP contribution in [0.4, 0.5) is 0 Å². The van der Waals surface area contributed by atoms with E-state index in [0.29, 0.717) is 0 Å². The zero-order valence-electron chi connectivity index (χ0n) is 9.35. The van der Waals surface area contributed by atoms with E-state index in [1.54, 1.807) is 0 Å². The summed E-state index contributed by atoms with van der Waals surface area (Å²) in [5.41, 5.74) is 3.67. The van der Waals surface area contributed by atoms with Crippen molar-refractivity contribution in [1.29, 1.82) is 0 Å². The van der Waals surface area contributed by atoms with E-state index in [1.165, 1.54) is 11.1 Å². The third-order valence-electron chi connectivity index (χ3n) is 2.36. The second-order valence-electron chi connectivity index (χ2n) is 3.51. The van der Waals surface area contributed by atoms with Gasteiger partial charge in [0.15, 0.2) is 0 Å². The van der Waals surface area contributed by atoms with E-state index in [-0.39, 0.29) is 32.7 Å². The molecule has 0 nitrogen and oxygen atoms in total. The number of aryl methyl sites for hydroxylation is 1. The first-order valence-electron chi connectivity index (χ1n) is 5.07. The van der Waals surface area contributed by atoms with Crippen LogP contribution in [0.5, 0.6) is 0 Å². The van der Waals surface area contributed by atoms with Crippen LogP contribution in [0.3, 0.4) is 0 Å². The predicted molar refractivity (Wildman–Crippen MR) is 65.4 cm³/mol. The Kier molecular flexibility index (Phi) is 5.66. The second-order valence-corrected chi connectivity index (χ2v) is 3.51. The van der Waals surface area contributed by atoms with E-state index in [0.717, 1.165) is 5.56 Å². The Labute approximate surface area is 122 Å². The van der Waals surface area contributed by atoms with Gasteiger partial charge in [0.25, 0.3) is 0 Å². The van der Waals surface area contributed by atoms with Gasteiger partial charge in [0.1, 0.15) is 0 Å². The van der Waals surface area contributed by atoms with E-state index in [9.17, 15) is 0 Å². The third-order valence-corrected chi connectivity index (χ3v) is 2.36. The van der Waals surface area contributed by atoms with Crippen LogP contribution in [0, 0.1) is 13.0 Å². The van der Waals surface area contributed by atoms with Gasteiger partial charge >= 0.3 is 0 Å². The Morgan fingerprint density at radius 2 is 1.69 bits per heavy atom. The molecule has 0 aliphatic carbocycles. The van der Waals surface area contributed by atoms with Gasteiger partial charge in [0, 0.05) is 32.7 Å². The molecule has 2 rings (SSSR count). The van der Waals surface area contributed by atoms with E-state index in [1.807, 2.05) is 18.2 Å². The minimum Gasteiger partial charge on any atom is -0.150 e. The molecule has 2 aromatic carbocycles. The van der Waals surface area contributed by atoms with E-state index < -0.39 is 0 Å². The first kappa shape index (κ1) is 13.3. The molecule has 77 valence electrons. The van der Waals surface area contributed by atoms with Crippen LogP contribution in [-0.4, -0.2) is 0 Å². The Morgan fingerprint density at radius 3 is 2.38 bits per heavy atom. The first-order valence-corrected chi connectivity index (χ1v) is 5.07. The fraction of sp³-hybridized carbons (Fsp3) is 0.0667. The standard InChI is InChI=1S/C15H13.Y/c1-13-7-5-6-10-15(13)12-11-14-8-3-2-4-9-14;/h2-8,10-12H,1H3;/q-1;. The average molecular weight is 282 g/mol. The molecule has 0 aromatic heterocycles. The molecule has 0 N–H and O–H groups in total. The van der Waals surface area contributed by atoms with Gasteiger partial charge in [-0.15, -0.1) is 36.4 Å². The van der Waals surface area contributed by atoms with Crippen molar-refractivity contribution in [2.75, 3.05) is 0 Å². The van der Waals surface area contributed by atoms with Gasteiger partial charge < -0.3 is 0 Å². The summed E-state index contributed by atoms with van der Waals surface area (Å²) in [5, 5.41) is 0. The Morgan fingerprint density at radius 1 is 0.938 bits per heavy atom. The van der Waals surface area contributed by atoms with Crippen molar-refractivity contribution in [1.82, 2.24) is 0 Å². The zero-order valence-corrected chi connectivity index (χ0v) is 12.2. The molecule has 0 saturated heterocycles. The largest absolute Gasteiger partial charge is 0.150 e. The maximum atomic E-state index is 3.17. The fourth-order valence-corrected chi connectivity index (χ4v) is 1.46. The summed E-state index contributed by atoms with van der Waals surface area (Å²) >= 11 is 0. The topological polar surface area (TPSA) is 0 Å². The maximum absolute atomic E-state index is 3.17. The van der Waals surface area contributed by atoms with Crippen molar-refractivity contribution in [3.63, 3.8) is 0 Å². The number of hydrogen-bond donors (Lipinski definition) is 0. The van der Waals surface area contributed by atoms with Crippen molar-refractivity contribution in [3.8, 4) is 0 Å². The summed E-state index contributed by atoms with van der Waals surface area (Å²) in [6, 6.07) is 19.5. The summed E-state index contributed by atoms with van der Waals surface area (Å²) in [4.78, 5) is 0. The molecular formula is C15H13Y-. The minimum absolute atomic E-state index is 0. The van der Waals surface area contributed by atoms with Crippen LogP contribution in [-0.2, 0) is 32.7 Å². The summed E-state index contributed by atoms with van der Waals surface area (Å²) in [6.07, 6.45) is 4.21. The number of rotatable bonds is 2. The quantitative estimate of drug-likeness (QED) is 0.577. The zero-order chi connectivity index (χ0) is 10.5. The molecule has 0 atom stereocenters. The fourth-order valence-electron chi connectivity index (χ4n) is 1.46. The summed E-state index contributed by atoms with van der Waals surface area (Å²) in [7, 11) is 0. The minimum atomic E-state index is 0. The summed E-state index contributed by atoms with van der Waals surface area (Å²) < 4.78 is 0. The number of hydrogen-bond acceptors (Lipinski definition) is 0. The molecule has 0 spiro atoms. The third kappa shape index (κ3) is 3.70. The van der Waals surface area contributed by atoms with Crippen LogP contribution in [0.1, 0.15) is 16.7 Å². The van der Waals surface area contributed by atoms with E-state index in [4.69, 9.17) is 0 Å². The molecule has 0 saturated carbocycles. The van der Waals surface area contributed by atoms with Gasteiger partial charge in [-0.1, -0.05) is 30.3 Å². The van der Waals surface area contributed by atoms with E-state index >= 15 is 0 Å². The van der Waals surface area contributed by atoms with Crippen LogP contribution < -0.4 is 0 Å². The predicted octanol–water partition coefficient (Wildman–Crippen LogP) is 3.96. The summed E-state index contributed by atoms with van der Waals surface area (Å²) in [5.74, 6) is 0. The van der Waals surface area contributed by atoms with Crippen molar-refractivity contribution >= 4 is 12.2 Å². The molecule has 0 amide bonds. The van der Waals surface area contributed by atoms with Crippen molar-refractivity contribution in [2.24, 2.45) is 0 Å².